The van der Waals surface area contributed by atoms with Crippen LogP contribution in [-0.2, 0) is 22.4 Å². The lowest BCUT2D eigenvalue weighted by Crippen LogP contribution is -2.25. The number of rotatable bonds is 6. The lowest BCUT2D eigenvalue weighted by atomic mass is 10.0. The van der Waals surface area contributed by atoms with Crippen molar-refractivity contribution in [3.8, 4) is 0 Å². The standard InChI is InChI=1S/C16H20N4O3S2/c1-9-7-13(20-23-9)18-15(22)10(2)24-8-14(21)19-16-17-11-5-3-4-6-12(11)25-16/h7,10H,3-6,8H2,1-2H3,(H,17,19,21)(H,18,20,22). The molecular weight excluding hydrogens is 360 g/mol. The summed E-state index contributed by atoms with van der Waals surface area (Å²) in [6, 6.07) is 1.65. The summed E-state index contributed by atoms with van der Waals surface area (Å²) in [5.41, 5.74) is 1.12. The van der Waals surface area contributed by atoms with Crippen molar-refractivity contribution in [1.82, 2.24) is 10.1 Å². The van der Waals surface area contributed by atoms with E-state index in [1.54, 1.807) is 31.3 Å². The number of aryl methyl sites for hydroxylation is 3. The summed E-state index contributed by atoms with van der Waals surface area (Å²) in [7, 11) is 0. The Bertz CT molecular complexity index is 748. The summed E-state index contributed by atoms with van der Waals surface area (Å²) in [4.78, 5) is 29.9. The second-order valence-electron chi connectivity index (χ2n) is 5.91. The van der Waals surface area contributed by atoms with E-state index in [4.69, 9.17) is 4.52 Å². The molecule has 25 heavy (non-hydrogen) atoms. The van der Waals surface area contributed by atoms with Crippen molar-refractivity contribution in [3.63, 3.8) is 0 Å². The molecule has 2 amide bonds. The van der Waals surface area contributed by atoms with Crippen LogP contribution in [0.25, 0.3) is 0 Å². The number of aromatic nitrogens is 2. The van der Waals surface area contributed by atoms with Gasteiger partial charge >= 0.3 is 0 Å². The van der Waals surface area contributed by atoms with Crippen LogP contribution in [-0.4, -0.2) is 33.0 Å². The van der Waals surface area contributed by atoms with Gasteiger partial charge in [0.1, 0.15) is 5.76 Å². The first-order valence-electron chi connectivity index (χ1n) is 8.15. The SMILES string of the molecule is Cc1cc(NC(=O)C(C)SCC(=O)Nc2nc3c(s2)CCCC3)no1. The van der Waals surface area contributed by atoms with Crippen molar-refractivity contribution < 1.29 is 14.1 Å². The topological polar surface area (TPSA) is 97.1 Å². The molecule has 0 aromatic carbocycles. The minimum absolute atomic E-state index is 0.145. The highest BCUT2D eigenvalue weighted by molar-refractivity contribution is 8.01. The number of nitrogens with zero attached hydrogens (tertiary/aromatic N) is 2. The van der Waals surface area contributed by atoms with E-state index in [1.807, 2.05) is 0 Å². The van der Waals surface area contributed by atoms with Gasteiger partial charge in [0.15, 0.2) is 10.9 Å². The molecule has 1 aliphatic rings. The van der Waals surface area contributed by atoms with Crippen molar-refractivity contribution in [2.75, 3.05) is 16.4 Å². The minimum atomic E-state index is -0.382. The fourth-order valence-corrected chi connectivity index (χ4v) is 4.24. The maximum absolute atomic E-state index is 12.1. The van der Waals surface area contributed by atoms with Gasteiger partial charge < -0.3 is 15.2 Å². The molecule has 9 heteroatoms. The van der Waals surface area contributed by atoms with Gasteiger partial charge in [0.25, 0.3) is 0 Å². The molecule has 0 saturated carbocycles. The Morgan fingerprint density at radius 3 is 2.88 bits per heavy atom. The highest BCUT2D eigenvalue weighted by atomic mass is 32.2. The van der Waals surface area contributed by atoms with Crippen LogP contribution in [0.4, 0.5) is 10.9 Å². The maximum Gasteiger partial charge on any atom is 0.238 e. The molecular formula is C16H20N4O3S2. The van der Waals surface area contributed by atoms with Crippen molar-refractivity contribution in [2.24, 2.45) is 0 Å². The molecule has 1 atom stereocenters. The zero-order chi connectivity index (χ0) is 17.8. The molecule has 0 aliphatic heterocycles. The third kappa shape index (κ3) is 4.82. The number of fused-ring (bicyclic) bond motifs is 1. The number of carbonyl (C=O) groups is 2. The smallest absolute Gasteiger partial charge is 0.238 e. The quantitative estimate of drug-likeness (QED) is 0.799. The largest absolute Gasteiger partial charge is 0.360 e. The van der Waals surface area contributed by atoms with E-state index in [0.29, 0.717) is 16.7 Å². The van der Waals surface area contributed by atoms with Gasteiger partial charge in [0, 0.05) is 10.9 Å². The number of anilines is 2. The summed E-state index contributed by atoms with van der Waals surface area (Å²) < 4.78 is 4.90. The molecule has 2 heterocycles. The molecule has 0 spiro atoms. The van der Waals surface area contributed by atoms with Crippen LogP contribution in [0.3, 0.4) is 0 Å². The number of thioether (sulfide) groups is 1. The van der Waals surface area contributed by atoms with Crippen molar-refractivity contribution in [2.45, 2.75) is 44.8 Å². The molecule has 2 aromatic heterocycles. The van der Waals surface area contributed by atoms with Crippen LogP contribution < -0.4 is 10.6 Å². The predicted molar refractivity (Wildman–Crippen MR) is 99.2 cm³/mol. The summed E-state index contributed by atoms with van der Waals surface area (Å²) >= 11 is 2.83. The van der Waals surface area contributed by atoms with E-state index < -0.39 is 0 Å². The van der Waals surface area contributed by atoms with E-state index in [1.165, 1.54) is 23.1 Å². The highest BCUT2D eigenvalue weighted by Crippen LogP contribution is 2.29. The lowest BCUT2D eigenvalue weighted by molar-refractivity contribution is -0.115. The number of amides is 2. The van der Waals surface area contributed by atoms with Gasteiger partial charge in [-0.15, -0.1) is 23.1 Å². The van der Waals surface area contributed by atoms with Gasteiger partial charge in [-0.3, -0.25) is 9.59 Å². The molecule has 0 fully saturated rings. The zero-order valence-electron chi connectivity index (χ0n) is 14.1. The summed E-state index contributed by atoms with van der Waals surface area (Å²) in [6.45, 7) is 3.50. The van der Waals surface area contributed by atoms with Crippen LogP contribution in [0.5, 0.6) is 0 Å². The van der Waals surface area contributed by atoms with Crippen LogP contribution in [0.1, 0.15) is 36.1 Å². The monoisotopic (exact) mass is 380 g/mol. The van der Waals surface area contributed by atoms with E-state index >= 15 is 0 Å². The van der Waals surface area contributed by atoms with E-state index in [0.717, 1.165) is 25.0 Å². The molecule has 1 unspecified atom stereocenters. The van der Waals surface area contributed by atoms with Gasteiger partial charge in [0.05, 0.1) is 16.7 Å². The molecule has 7 nitrogen and oxygen atoms in total. The molecule has 0 bridgehead atoms. The predicted octanol–water partition coefficient (Wildman–Crippen LogP) is 3.02. The second kappa shape index (κ2) is 8.01. The van der Waals surface area contributed by atoms with Gasteiger partial charge in [-0.1, -0.05) is 5.16 Å². The number of nitrogens with one attached hydrogen (secondary N) is 2. The second-order valence-corrected chi connectivity index (χ2v) is 8.32. The van der Waals surface area contributed by atoms with Gasteiger partial charge in [-0.2, -0.15) is 0 Å². The Morgan fingerprint density at radius 2 is 2.16 bits per heavy atom. The van der Waals surface area contributed by atoms with Gasteiger partial charge in [0.2, 0.25) is 11.8 Å². The average Bonchev–Trinajstić information content (AvgIpc) is 3.17. The molecule has 134 valence electrons. The van der Waals surface area contributed by atoms with E-state index in [9.17, 15) is 9.59 Å². The van der Waals surface area contributed by atoms with Crippen molar-refractivity contribution >= 4 is 45.9 Å². The molecule has 2 N–H and O–H groups in total. The fraction of sp³-hybridized carbons (Fsp3) is 0.500. The zero-order valence-corrected chi connectivity index (χ0v) is 15.8. The minimum Gasteiger partial charge on any atom is -0.360 e. The average molecular weight is 380 g/mol. The molecule has 3 rings (SSSR count). The first kappa shape index (κ1) is 17.9. The molecule has 0 saturated heterocycles. The first-order chi connectivity index (χ1) is 12.0. The maximum atomic E-state index is 12.1. The van der Waals surface area contributed by atoms with Crippen LogP contribution >= 0.6 is 23.1 Å². The number of hydrogen-bond donors (Lipinski definition) is 2. The van der Waals surface area contributed by atoms with Crippen LogP contribution in [0, 0.1) is 6.92 Å². The number of thiazole rings is 1. The Morgan fingerprint density at radius 1 is 1.36 bits per heavy atom. The summed E-state index contributed by atoms with van der Waals surface area (Å²) in [5.74, 6) is 0.842. The fourth-order valence-electron chi connectivity index (χ4n) is 2.49. The normalized spacial score (nSPS) is 14.6. The number of carbonyl (C=O) groups excluding carboxylic acids is 2. The Labute approximate surface area is 154 Å². The van der Waals surface area contributed by atoms with Crippen LogP contribution in [0.2, 0.25) is 0 Å². The summed E-state index contributed by atoms with van der Waals surface area (Å²) in [6.07, 6.45) is 4.40. The molecule has 2 aromatic rings. The Hall–Kier alpha value is -1.87. The van der Waals surface area contributed by atoms with Gasteiger partial charge in [-0.05, 0) is 39.5 Å². The lowest BCUT2D eigenvalue weighted by Gasteiger charge is -2.09. The van der Waals surface area contributed by atoms with E-state index in [2.05, 4.69) is 20.8 Å². The molecule has 1 aliphatic carbocycles. The third-order valence-corrected chi connectivity index (χ3v) is 6.02. The third-order valence-electron chi connectivity index (χ3n) is 3.80. The first-order valence-corrected chi connectivity index (χ1v) is 10.0. The summed E-state index contributed by atoms with van der Waals surface area (Å²) in [5, 5.41) is 9.49. The Kier molecular flexibility index (Phi) is 5.74. The van der Waals surface area contributed by atoms with Gasteiger partial charge in [-0.25, -0.2) is 4.98 Å². The van der Waals surface area contributed by atoms with Crippen molar-refractivity contribution in [1.29, 1.82) is 0 Å². The highest BCUT2D eigenvalue weighted by Gasteiger charge is 2.19. The van der Waals surface area contributed by atoms with E-state index in [-0.39, 0.29) is 22.8 Å². The number of hydrogen-bond acceptors (Lipinski definition) is 7. The van der Waals surface area contributed by atoms with Crippen LogP contribution in [0.15, 0.2) is 10.6 Å². The van der Waals surface area contributed by atoms with Crippen molar-refractivity contribution in [3.05, 3.63) is 22.4 Å². The molecule has 0 radical (unpaired) electrons. The Balaban J connectivity index is 1.45.